The van der Waals surface area contributed by atoms with Crippen LogP contribution in [0.5, 0.6) is 5.75 Å². The van der Waals surface area contributed by atoms with Crippen molar-refractivity contribution in [2.75, 3.05) is 75.8 Å². The van der Waals surface area contributed by atoms with E-state index >= 15 is 0 Å². The van der Waals surface area contributed by atoms with Crippen molar-refractivity contribution in [3.63, 3.8) is 0 Å². The Hall–Kier alpha value is -2.73. The first-order valence-corrected chi connectivity index (χ1v) is 10.5. The molecule has 1 N–H and O–H groups in total. The predicted octanol–water partition coefficient (Wildman–Crippen LogP) is 0.749. The van der Waals surface area contributed by atoms with E-state index in [4.69, 9.17) is 4.74 Å². The standard InChI is InChI=1S/C23H30N4O2/c1-29-22-9-7-21(8-10-22)26-15-17-27(18-16-26)23(28)19-24-11-13-25(14-12-24)20-5-3-2-4-6-20/h2-10H,11-19H2,1H3/p+1. The van der Waals surface area contributed by atoms with Crippen LogP contribution in [0.4, 0.5) is 11.4 Å². The lowest BCUT2D eigenvalue weighted by Crippen LogP contribution is -3.16. The number of benzene rings is 2. The molecular formula is C23H31N4O2+. The second-order valence-electron chi connectivity index (χ2n) is 7.82. The number of quaternary nitrogens is 1. The van der Waals surface area contributed by atoms with E-state index in [0.29, 0.717) is 12.5 Å². The summed E-state index contributed by atoms with van der Waals surface area (Å²) in [6.45, 7) is 8.05. The SMILES string of the molecule is COc1ccc(N2CCN(C(=O)C[NH+]3CCN(c4ccccc4)CC3)CC2)cc1. The monoisotopic (exact) mass is 395 g/mol. The van der Waals surface area contributed by atoms with Crippen LogP contribution in [0, 0.1) is 0 Å². The number of piperazine rings is 2. The summed E-state index contributed by atoms with van der Waals surface area (Å²) in [5.41, 5.74) is 2.48. The average Bonchev–Trinajstić information content (AvgIpc) is 2.80. The molecule has 0 atom stereocenters. The molecule has 0 aliphatic carbocycles. The van der Waals surface area contributed by atoms with Gasteiger partial charge in [0.15, 0.2) is 6.54 Å². The van der Waals surface area contributed by atoms with Gasteiger partial charge in [0, 0.05) is 37.6 Å². The smallest absolute Gasteiger partial charge is 0.277 e. The van der Waals surface area contributed by atoms with E-state index in [9.17, 15) is 4.79 Å². The fraction of sp³-hybridized carbons (Fsp3) is 0.435. The zero-order valence-corrected chi connectivity index (χ0v) is 17.2. The number of anilines is 2. The van der Waals surface area contributed by atoms with Gasteiger partial charge in [0.05, 0.1) is 33.3 Å². The second kappa shape index (κ2) is 9.18. The lowest BCUT2D eigenvalue weighted by atomic mass is 10.2. The molecule has 6 heteroatoms. The number of para-hydroxylation sites is 1. The van der Waals surface area contributed by atoms with Crippen molar-refractivity contribution >= 4 is 17.3 Å². The Balaban J connectivity index is 1.22. The number of carbonyl (C=O) groups excluding carboxylic acids is 1. The molecule has 0 saturated carbocycles. The molecule has 0 aromatic heterocycles. The number of ether oxygens (including phenoxy) is 1. The third kappa shape index (κ3) is 4.82. The summed E-state index contributed by atoms with van der Waals surface area (Å²) in [4.78, 5) is 21.0. The first kappa shape index (κ1) is 19.6. The number of hydrogen-bond donors (Lipinski definition) is 1. The van der Waals surface area contributed by atoms with E-state index in [1.807, 2.05) is 17.0 Å². The van der Waals surface area contributed by atoms with Gasteiger partial charge in [0.25, 0.3) is 5.91 Å². The minimum Gasteiger partial charge on any atom is -0.497 e. The van der Waals surface area contributed by atoms with Crippen molar-refractivity contribution in [2.24, 2.45) is 0 Å². The quantitative estimate of drug-likeness (QED) is 0.811. The van der Waals surface area contributed by atoms with E-state index < -0.39 is 0 Å². The zero-order valence-electron chi connectivity index (χ0n) is 17.2. The van der Waals surface area contributed by atoms with Crippen molar-refractivity contribution < 1.29 is 14.4 Å². The van der Waals surface area contributed by atoms with Crippen molar-refractivity contribution in [1.29, 1.82) is 0 Å². The number of hydrogen-bond acceptors (Lipinski definition) is 4. The highest BCUT2D eigenvalue weighted by molar-refractivity contribution is 5.77. The van der Waals surface area contributed by atoms with Crippen molar-refractivity contribution in [3.8, 4) is 5.75 Å². The Kier molecular flexibility index (Phi) is 6.20. The van der Waals surface area contributed by atoms with Gasteiger partial charge < -0.3 is 24.3 Å². The van der Waals surface area contributed by atoms with E-state index in [0.717, 1.165) is 58.1 Å². The summed E-state index contributed by atoms with van der Waals surface area (Å²) >= 11 is 0. The Labute approximate surface area is 173 Å². The highest BCUT2D eigenvalue weighted by atomic mass is 16.5. The summed E-state index contributed by atoms with van der Waals surface area (Å²) in [7, 11) is 1.68. The van der Waals surface area contributed by atoms with Gasteiger partial charge in [-0.1, -0.05) is 18.2 Å². The number of nitrogens with one attached hydrogen (secondary N) is 1. The van der Waals surface area contributed by atoms with Gasteiger partial charge in [0.2, 0.25) is 0 Å². The van der Waals surface area contributed by atoms with Crippen LogP contribution >= 0.6 is 0 Å². The molecule has 2 aromatic rings. The van der Waals surface area contributed by atoms with Crippen LogP contribution in [-0.2, 0) is 4.79 Å². The molecule has 0 bridgehead atoms. The van der Waals surface area contributed by atoms with Crippen LogP contribution < -0.4 is 19.4 Å². The molecule has 0 unspecified atom stereocenters. The molecule has 1 amide bonds. The van der Waals surface area contributed by atoms with Gasteiger partial charge in [-0.3, -0.25) is 4.79 Å². The van der Waals surface area contributed by atoms with Crippen LogP contribution in [0.1, 0.15) is 0 Å². The number of methoxy groups -OCH3 is 1. The van der Waals surface area contributed by atoms with Gasteiger partial charge >= 0.3 is 0 Å². The van der Waals surface area contributed by atoms with Crippen LogP contribution in [0.3, 0.4) is 0 Å². The summed E-state index contributed by atoms with van der Waals surface area (Å²) in [5.74, 6) is 1.17. The molecule has 0 radical (unpaired) electrons. The fourth-order valence-electron chi connectivity index (χ4n) is 4.23. The number of rotatable bonds is 5. The first-order chi connectivity index (χ1) is 14.2. The molecule has 29 heavy (non-hydrogen) atoms. The number of carbonyl (C=O) groups is 1. The maximum absolute atomic E-state index is 12.8. The Morgan fingerprint density at radius 1 is 0.828 bits per heavy atom. The molecule has 154 valence electrons. The van der Waals surface area contributed by atoms with Gasteiger partial charge in [-0.2, -0.15) is 0 Å². The van der Waals surface area contributed by atoms with Crippen LogP contribution in [0.15, 0.2) is 54.6 Å². The molecule has 2 heterocycles. The van der Waals surface area contributed by atoms with Crippen LogP contribution in [-0.4, -0.2) is 76.8 Å². The average molecular weight is 396 g/mol. The van der Waals surface area contributed by atoms with Crippen molar-refractivity contribution in [2.45, 2.75) is 0 Å². The molecular weight excluding hydrogens is 364 g/mol. The second-order valence-corrected chi connectivity index (χ2v) is 7.82. The Morgan fingerprint density at radius 3 is 2.03 bits per heavy atom. The molecule has 6 nitrogen and oxygen atoms in total. The highest BCUT2D eigenvalue weighted by Gasteiger charge is 2.27. The fourth-order valence-corrected chi connectivity index (χ4v) is 4.23. The zero-order chi connectivity index (χ0) is 20.1. The highest BCUT2D eigenvalue weighted by Crippen LogP contribution is 2.20. The van der Waals surface area contributed by atoms with E-state index in [2.05, 4.69) is 52.3 Å². The lowest BCUT2D eigenvalue weighted by Gasteiger charge is -2.37. The number of amides is 1. The predicted molar refractivity (Wildman–Crippen MR) is 116 cm³/mol. The van der Waals surface area contributed by atoms with E-state index in [1.165, 1.54) is 16.3 Å². The molecule has 4 rings (SSSR count). The van der Waals surface area contributed by atoms with Gasteiger partial charge in [-0.25, -0.2) is 0 Å². The van der Waals surface area contributed by atoms with Crippen LogP contribution in [0.2, 0.25) is 0 Å². The van der Waals surface area contributed by atoms with Gasteiger partial charge in [-0.05, 0) is 36.4 Å². The molecule has 2 aliphatic rings. The Bertz CT molecular complexity index is 780. The minimum absolute atomic E-state index is 0.294. The molecule has 2 fully saturated rings. The molecule has 2 saturated heterocycles. The first-order valence-electron chi connectivity index (χ1n) is 10.5. The third-order valence-corrected chi connectivity index (χ3v) is 6.06. The maximum Gasteiger partial charge on any atom is 0.277 e. The van der Waals surface area contributed by atoms with Crippen molar-refractivity contribution in [3.05, 3.63) is 54.6 Å². The summed E-state index contributed by atoms with van der Waals surface area (Å²) in [6, 6.07) is 18.7. The molecule has 2 aliphatic heterocycles. The summed E-state index contributed by atoms with van der Waals surface area (Å²) in [5, 5.41) is 0. The number of nitrogens with zero attached hydrogens (tertiary/aromatic N) is 3. The summed E-state index contributed by atoms with van der Waals surface area (Å²) in [6.07, 6.45) is 0. The van der Waals surface area contributed by atoms with Crippen molar-refractivity contribution in [1.82, 2.24) is 4.90 Å². The third-order valence-electron chi connectivity index (χ3n) is 6.06. The van der Waals surface area contributed by atoms with Gasteiger partial charge in [-0.15, -0.1) is 0 Å². The normalized spacial score (nSPS) is 18.0. The minimum atomic E-state index is 0.294. The van der Waals surface area contributed by atoms with E-state index in [-0.39, 0.29) is 0 Å². The molecule has 2 aromatic carbocycles. The maximum atomic E-state index is 12.8. The Morgan fingerprint density at radius 2 is 1.41 bits per heavy atom. The molecule has 0 spiro atoms. The largest absolute Gasteiger partial charge is 0.497 e. The van der Waals surface area contributed by atoms with Gasteiger partial charge in [0.1, 0.15) is 5.75 Å². The van der Waals surface area contributed by atoms with E-state index in [1.54, 1.807) is 7.11 Å². The summed E-state index contributed by atoms with van der Waals surface area (Å²) < 4.78 is 5.23. The lowest BCUT2D eigenvalue weighted by molar-refractivity contribution is -0.892. The topological polar surface area (TPSA) is 40.5 Å². The van der Waals surface area contributed by atoms with Crippen LogP contribution in [0.25, 0.3) is 0 Å².